The number of ether oxygens (including phenoxy) is 2. The molecule has 106 valence electrons. The van der Waals surface area contributed by atoms with Gasteiger partial charge in [-0.25, -0.2) is 0 Å². The Morgan fingerprint density at radius 1 is 1.37 bits per heavy atom. The molecule has 0 heterocycles. The largest absolute Gasteiger partial charge is 0.399 e. The Morgan fingerprint density at radius 3 is 2.63 bits per heavy atom. The van der Waals surface area contributed by atoms with Gasteiger partial charge in [0.15, 0.2) is 6.29 Å². The predicted molar refractivity (Wildman–Crippen MR) is 74.6 cm³/mol. The normalized spacial score (nSPS) is 12.4. The van der Waals surface area contributed by atoms with Crippen molar-refractivity contribution in [2.45, 2.75) is 32.1 Å². The molecule has 19 heavy (non-hydrogen) atoms. The van der Waals surface area contributed by atoms with Crippen molar-refractivity contribution < 1.29 is 14.3 Å². The molecule has 0 radical (unpaired) electrons. The minimum atomic E-state index is -0.434. The molecule has 0 aliphatic heterocycles. The van der Waals surface area contributed by atoms with Gasteiger partial charge in [-0.05, 0) is 31.0 Å². The first kappa shape index (κ1) is 15.5. The number of hydrogen-bond acceptors (Lipinski definition) is 4. The Balaban J connectivity index is 2.39. The number of rotatable bonds is 7. The van der Waals surface area contributed by atoms with Gasteiger partial charge in [0.1, 0.15) is 0 Å². The van der Waals surface area contributed by atoms with Crippen molar-refractivity contribution in [2.75, 3.05) is 20.0 Å². The van der Waals surface area contributed by atoms with Crippen LogP contribution in [0.2, 0.25) is 0 Å². The molecule has 1 unspecified atom stereocenters. The van der Waals surface area contributed by atoms with E-state index < -0.39 is 6.29 Å². The molecule has 0 aliphatic carbocycles. The number of nitrogen functional groups attached to an aromatic ring is 1. The number of nitrogens with two attached hydrogens (primary N) is 1. The molecule has 1 aromatic rings. The Bertz CT molecular complexity index is 405. The summed E-state index contributed by atoms with van der Waals surface area (Å²) >= 11 is 0. The van der Waals surface area contributed by atoms with Gasteiger partial charge in [-0.3, -0.25) is 4.79 Å². The number of hydrogen-bond donors (Lipinski definition) is 2. The van der Waals surface area contributed by atoms with Crippen molar-refractivity contribution in [3.63, 3.8) is 0 Å². The van der Waals surface area contributed by atoms with E-state index in [1.807, 2.05) is 31.2 Å². The second kappa shape index (κ2) is 7.76. The molecule has 5 nitrogen and oxygen atoms in total. The second-order valence-electron chi connectivity index (χ2n) is 4.44. The predicted octanol–water partition coefficient (Wildman–Crippen LogP) is 1.32. The average Bonchev–Trinajstić information content (AvgIpc) is 2.38. The third-order valence-corrected chi connectivity index (χ3v) is 2.85. The van der Waals surface area contributed by atoms with Gasteiger partial charge < -0.3 is 20.5 Å². The first-order chi connectivity index (χ1) is 9.06. The molecule has 1 aromatic carbocycles. The Hall–Kier alpha value is -1.59. The zero-order valence-electron chi connectivity index (χ0n) is 11.7. The SMILES string of the molecule is COC(OC)C(C)NC(=O)CCc1cccc(N)c1. The fraction of sp³-hybridized carbons (Fsp3) is 0.500. The van der Waals surface area contributed by atoms with Gasteiger partial charge in [0.05, 0.1) is 6.04 Å². The monoisotopic (exact) mass is 266 g/mol. The van der Waals surface area contributed by atoms with Crippen LogP contribution in [0.1, 0.15) is 18.9 Å². The number of nitrogens with one attached hydrogen (secondary N) is 1. The van der Waals surface area contributed by atoms with E-state index in [2.05, 4.69) is 5.32 Å². The molecule has 1 atom stereocenters. The van der Waals surface area contributed by atoms with Crippen LogP contribution in [-0.2, 0) is 20.7 Å². The lowest BCUT2D eigenvalue weighted by Crippen LogP contribution is -2.43. The molecule has 3 N–H and O–H groups in total. The second-order valence-corrected chi connectivity index (χ2v) is 4.44. The van der Waals surface area contributed by atoms with Crippen molar-refractivity contribution in [2.24, 2.45) is 0 Å². The van der Waals surface area contributed by atoms with Crippen molar-refractivity contribution in [1.29, 1.82) is 0 Å². The summed E-state index contributed by atoms with van der Waals surface area (Å²) in [6.45, 7) is 1.84. The van der Waals surface area contributed by atoms with E-state index in [4.69, 9.17) is 15.2 Å². The van der Waals surface area contributed by atoms with Crippen LogP contribution < -0.4 is 11.1 Å². The molecule has 0 aliphatic rings. The van der Waals surface area contributed by atoms with E-state index in [-0.39, 0.29) is 11.9 Å². The van der Waals surface area contributed by atoms with E-state index >= 15 is 0 Å². The highest BCUT2D eigenvalue weighted by molar-refractivity contribution is 5.76. The van der Waals surface area contributed by atoms with E-state index in [0.29, 0.717) is 18.5 Å². The van der Waals surface area contributed by atoms with E-state index in [1.165, 1.54) is 0 Å². The van der Waals surface area contributed by atoms with Gasteiger partial charge in [-0.1, -0.05) is 12.1 Å². The summed E-state index contributed by atoms with van der Waals surface area (Å²) in [7, 11) is 3.09. The lowest BCUT2D eigenvalue weighted by molar-refractivity contribution is -0.135. The van der Waals surface area contributed by atoms with Crippen LogP contribution in [0.3, 0.4) is 0 Å². The minimum absolute atomic E-state index is 0.0333. The van der Waals surface area contributed by atoms with E-state index in [0.717, 1.165) is 5.56 Å². The maximum absolute atomic E-state index is 11.8. The molecule has 0 bridgehead atoms. The van der Waals surface area contributed by atoms with Crippen LogP contribution >= 0.6 is 0 Å². The number of aryl methyl sites for hydroxylation is 1. The number of benzene rings is 1. The fourth-order valence-corrected chi connectivity index (χ4v) is 1.91. The zero-order valence-corrected chi connectivity index (χ0v) is 11.7. The van der Waals surface area contributed by atoms with Crippen LogP contribution in [0, 0.1) is 0 Å². The topological polar surface area (TPSA) is 73.6 Å². The lowest BCUT2D eigenvalue weighted by atomic mass is 10.1. The molecular weight excluding hydrogens is 244 g/mol. The van der Waals surface area contributed by atoms with Gasteiger partial charge in [0.2, 0.25) is 5.91 Å². The number of methoxy groups -OCH3 is 2. The van der Waals surface area contributed by atoms with E-state index in [9.17, 15) is 4.79 Å². The molecule has 0 saturated carbocycles. The van der Waals surface area contributed by atoms with Gasteiger partial charge >= 0.3 is 0 Å². The lowest BCUT2D eigenvalue weighted by Gasteiger charge is -2.22. The quantitative estimate of drug-likeness (QED) is 0.576. The average molecular weight is 266 g/mol. The molecule has 1 amide bonds. The van der Waals surface area contributed by atoms with Crippen LogP contribution in [0.25, 0.3) is 0 Å². The summed E-state index contributed by atoms with van der Waals surface area (Å²) in [6.07, 6.45) is 0.638. The molecule has 1 rings (SSSR count). The van der Waals surface area contributed by atoms with Crippen LogP contribution in [0.5, 0.6) is 0 Å². The first-order valence-electron chi connectivity index (χ1n) is 6.26. The standard InChI is InChI=1S/C14H22N2O3/c1-10(14(18-2)19-3)16-13(17)8-7-11-5-4-6-12(15)9-11/h4-6,9-10,14H,7-8,15H2,1-3H3,(H,16,17). The summed E-state index contributed by atoms with van der Waals surface area (Å²) in [6, 6.07) is 7.36. The number of anilines is 1. The molecule has 0 aromatic heterocycles. The number of carbonyl (C=O) groups excluding carboxylic acids is 1. The van der Waals surface area contributed by atoms with Crippen molar-refractivity contribution in [3.05, 3.63) is 29.8 Å². The number of carbonyl (C=O) groups is 1. The molecule has 0 saturated heterocycles. The zero-order chi connectivity index (χ0) is 14.3. The van der Waals surface area contributed by atoms with Crippen molar-refractivity contribution in [1.82, 2.24) is 5.32 Å². The van der Waals surface area contributed by atoms with Crippen molar-refractivity contribution in [3.8, 4) is 0 Å². The van der Waals surface area contributed by atoms with Crippen molar-refractivity contribution >= 4 is 11.6 Å². The third kappa shape index (κ3) is 5.28. The van der Waals surface area contributed by atoms with Crippen LogP contribution in [-0.4, -0.2) is 32.5 Å². The third-order valence-electron chi connectivity index (χ3n) is 2.85. The van der Waals surface area contributed by atoms with Gasteiger partial charge in [0.25, 0.3) is 0 Å². The number of amides is 1. The summed E-state index contributed by atoms with van der Waals surface area (Å²) in [5.41, 5.74) is 7.45. The Kier molecular flexibility index (Phi) is 6.32. The molecule has 0 spiro atoms. The fourth-order valence-electron chi connectivity index (χ4n) is 1.91. The van der Waals surface area contributed by atoms with Crippen LogP contribution in [0.15, 0.2) is 24.3 Å². The summed E-state index contributed by atoms with van der Waals surface area (Å²) in [4.78, 5) is 11.8. The first-order valence-corrected chi connectivity index (χ1v) is 6.26. The van der Waals surface area contributed by atoms with Gasteiger partial charge in [-0.15, -0.1) is 0 Å². The summed E-state index contributed by atoms with van der Waals surface area (Å²) < 4.78 is 10.2. The Morgan fingerprint density at radius 2 is 2.05 bits per heavy atom. The highest BCUT2D eigenvalue weighted by Gasteiger charge is 2.17. The van der Waals surface area contributed by atoms with Gasteiger partial charge in [-0.2, -0.15) is 0 Å². The molecular formula is C14H22N2O3. The highest BCUT2D eigenvalue weighted by Crippen LogP contribution is 2.09. The summed E-state index contributed by atoms with van der Waals surface area (Å²) in [5, 5.41) is 2.85. The molecule has 0 fully saturated rings. The Labute approximate surface area is 114 Å². The van der Waals surface area contributed by atoms with Crippen LogP contribution in [0.4, 0.5) is 5.69 Å². The molecule has 5 heteroatoms. The van der Waals surface area contributed by atoms with Gasteiger partial charge in [0, 0.05) is 26.3 Å². The van der Waals surface area contributed by atoms with E-state index in [1.54, 1.807) is 14.2 Å². The minimum Gasteiger partial charge on any atom is -0.399 e. The maximum atomic E-state index is 11.8. The maximum Gasteiger partial charge on any atom is 0.220 e. The highest BCUT2D eigenvalue weighted by atomic mass is 16.7. The smallest absolute Gasteiger partial charge is 0.220 e. The summed E-state index contributed by atoms with van der Waals surface area (Å²) in [5.74, 6) is -0.0333.